The summed E-state index contributed by atoms with van der Waals surface area (Å²) in [4.78, 5) is 10.4. The van der Waals surface area contributed by atoms with E-state index >= 15 is 0 Å². The number of benzene rings is 1. The summed E-state index contributed by atoms with van der Waals surface area (Å²) in [7, 11) is 0. The maximum atomic E-state index is 13.0. The van der Waals surface area contributed by atoms with Crippen LogP contribution in [0.3, 0.4) is 0 Å². The molecule has 0 atom stereocenters. The third-order valence-corrected chi connectivity index (χ3v) is 2.02. The van der Waals surface area contributed by atoms with E-state index in [-0.39, 0.29) is 5.82 Å². The molecule has 1 aliphatic rings. The third-order valence-electron chi connectivity index (χ3n) is 2.02. The molecule has 0 N–H and O–H groups in total. The van der Waals surface area contributed by atoms with Gasteiger partial charge in [-0.3, -0.25) is 4.79 Å². The molecule has 1 aromatic rings. The Kier molecular flexibility index (Phi) is 1.54. The normalized spacial score (nSPS) is 13.9. The minimum Gasteiger partial charge on any atom is -0.298 e. The molecule has 1 aliphatic carbocycles. The fourth-order valence-corrected chi connectivity index (χ4v) is 1.43. The van der Waals surface area contributed by atoms with Crippen LogP contribution in [0.1, 0.15) is 11.1 Å². The molecule has 1 aromatic carbocycles. The number of fused-ring (bicyclic) bond motifs is 1. The lowest BCUT2D eigenvalue weighted by Crippen LogP contribution is -1.86. The Morgan fingerprint density at radius 1 is 1.42 bits per heavy atom. The zero-order chi connectivity index (χ0) is 8.55. The largest absolute Gasteiger partial charge is 0.298 e. The van der Waals surface area contributed by atoms with E-state index in [1.165, 1.54) is 6.07 Å². The number of allylic oxidation sites excluding steroid dienone is 1. The Labute approximate surface area is 69.5 Å². The van der Waals surface area contributed by atoms with Crippen molar-refractivity contribution in [2.24, 2.45) is 0 Å². The van der Waals surface area contributed by atoms with Crippen molar-refractivity contribution in [3.05, 3.63) is 40.7 Å². The van der Waals surface area contributed by atoms with Gasteiger partial charge in [-0.1, -0.05) is 12.1 Å². The van der Waals surface area contributed by atoms with Gasteiger partial charge in [0.2, 0.25) is 0 Å². The molecule has 0 radical (unpaired) electrons. The Morgan fingerprint density at radius 2 is 2.25 bits per heavy atom. The summed E-state index contributed by atoms with van der Waals surface area (Å²) in [5, 5.41) is 0. The van der Waals surface area contributed by atoms with Crippen molar-refractivity contribution in [2.75, 3.05) is 0 Å². The quantitative estimate of drug-likeness (QED) is 0.577. The van der Waals surface area contributed by atoms with Gasteiger partial charge in [-0.25, -0.2) is 4.39 Å². The summed E-state index contributed by atoms with van der Waals surface area (Å²) in [5.41, 5.74) is 2.12. The Hall–Kier alpha value is -1.44. The second kappa shape index (κ2) is 2.55. The number of aldehydes is 1. The summed E-state index contributed by atoms with van der Waals surface area (Å²) in [6.07, 6.45) is 2.95. The number of carbonyl (C=O) groups is 1. The van der Waals surface area contributed by atoms with Crippen LogP contribution in [0.15, 0.2) is 23.8 Å². The molecule has 1 nitrogen and oxygen atoms in total. The molecule has 0 bridgehead atoms. The van der Waals surface area contributed by atoms with Crippen molar-refractivity contribution < 1.29 is 9.18 Å². The van der Waals surface area contributed by atoms with Crippen molar-refractivity contribution in [3.63, 3.8) is 0 Å². The van der Waals surface area contributed by atoms with E-state index in [9.17, 15) is 9.18 Å². The lowest BCUT2D eigenvalue weighted by Gasteiger charge is -1.97. The molecule has 0 spiro atoms. The Bertz CT molecular complexity index is 366. The van der Waals surface area contributed by atoms with E-state index < -0.39 is 0 Å². The summed E-state index contributed by atoms with van der Waals surface area (Å²) in [5.74, 6) is -0.246. The Balaban J connectivity index is 2.54. The number of hydrogen-bond donors (Lipinski definition) is 0. The van der Waals surface area contributed by atoms with Gasteiger partial charge in [0.05, 0.1) is 0 Å². The maximum absolute atomic E-state index is 13.0. The van der Waals surface area contributed by atoms with Crippen LogP contribution < -0.4 is 0 Å². The minimum absolute atomic E-state index is 0.246. The average molecular weight is 162 g/mol. The number of rotatable bonds is 1. The molecule has 0 unspecified atom stereocenters. The predicted molar refractivity (Wildman–Crippen MR) is 44.1 cm³/mol. The molecule has 0 heterocycles. The molecule has 60 valence electrons. The van der Waals surface area contributed by atoms with Crippen LogP contribution in [-0.4, -0.2) is 6.29 Å². The minimum atomic E-state index is -0.246. The monoisotopic (exact) mass is 162 g/mol. The summed E-state index contributed by atoms with van der Waals surface area (Å²) in [6.45, 7) is 0. The second-order valence-corrected chi connectivity index (χ2v) is 2.83. The van der Waals surface area contributed by atoms with Gasteiger partial charge >= 0.3 is 0 Å². The first-order valence-electron chi connectivity index (χ1n) is 3.74. The molecule has 0 saturated carbocycles. The van der Waals surface area contributed by atoms with Crippen LogP contribution in [0.5, 0.6) is 0 Å². The third kappa shape index (κ3) is 0.961. The van der Waals surface area contributed by atoms with Crippen molar-refractivity contribution in [1.82, 2.24) is 0 Å². The fraction of sp³-hybridized carbons (Fsp3) is 0.100. The smallest absolute Gasteiger partial charge is 0.146 e. The highest BCUT2D eigenvalue weighted by Gasteiger charge is 2.14. The van der Waals surface area contributed by atoms with Gasteiger partial charge in [0.15, 0.2) is 0 Å². The summed E-state index contributed by atoms with van der Waals surface area (Å²) in [6, 6.07) is 4.91. The molecule has 0 saturated heterocycles. The average Bonchev–Trinajstić information content (AvgIpc) is 2.49. The molecule has 2 rings (SSSR count). The molecule has 12 heavy (non-hydrogen) atoms. The van der Waals surface area contributed by atoms with E-state index in [4.69, 9.17) is 0 Å². The molecule has 0 fully saturated rings. The first-order valence-corrected chi connectivity index (χ1v) is 3.74. The van der Waals surface area contributed by atoms with E-state index in [1.54, 1.807) is 12.1 Å². The standard InChI is InChI=1S/C10H7FO/c11-10-3-1-2-8-4-7(6-12)5-9(8)10/h1-3,5-6H,4H2. The number of hydrogen-bond acceptors (Lipinski definition) is 1. The Morgan fingerprint density at radius 3 is 2.92 bits per heavy atom. The highest BCUT2D eigenvalue weighted by Crippen LogP contribution is 2.25. The van der Waals surface area contributed by atoms with E-state index in [0.29, 0.717) is 17.6 Å². The highest BCUT2D eigenvalue weighted by molar-refractivity contribution is 5.86. The predicted octanol–water partition coefficient (Wildman–Crippen LogP) is 1.96. The van der Waals surface area contributed by atoms with Gasteiger partial charge in [0.25, 0.3) is 0 Å². The number of carbonyl (C=O) groups excluding carboxylic acids is 1. The van der Waals surface area contributed by atoms with Crippen molar-refractivity contribution >= 4 is 12.4 Å². The van der Waals surface area contributed by atoms with E-state index in [1.807, 2.05) is 6.07 Å². The van der Waals surface area contributed by atoms with Crippen LogP contribution in [0, 0.1) is 5.82 Å². The van der Waals surface area contributed by atoms with Gasteiger partial charge in [-0.2, -0.15) is 0 Å². The van der Waals surface area contributed by atoms with Crippen LogP contribution in [0.2, 0.25) is 0 Å². The van der Waals surface area contributed by atoms with Gasteiger partial charge < -0.3 is 0 Å². The van der Waals surface area contributed by atoms with Crippen LogP contribution >= 0.6 is 0 Å². The fourth-order valence-electron chi connectivity index (χ4n) is 1.43. The lowest BCUT2D eigenvalue weighted by molar-refractivity contribution is -0.104. The molecule has 2 heteroatoms. The molecule has 0 amide bonds. The summed E-state index contributed by atoms with van der Waals surface area (Å²) >= 11 is 0. The van der Waals surface area contributed by atoms with Crippen molar-refractivity contribution in [2.45, 2.75) is 6.42 Å². The van der Waals surface area contributed by atoms with E-state index in [2.05, 4.69) is 0 Å². The van der Waals surface area contributed by atoms with Gasteiger partial charge in [0.1, 0.15) is 12.1 Å². The van der Waals surface area contributed by atoms with Gasteiger partial charge in [-0.15, -0.1) is 0 Å². The van der Waals surface area contributed by atoms with Gasteiger partial charge in [0, 0.05) is 12.0 Å². The maximum Gasteiger partial charge on any atom is 0.146 e. The molecular formula is C10H7FO. The zero-order valence-electron chi connectivity index (χ0n) is 6.38. The first kappa shape index (κ1) is 7.22. The van der Waals surface area contributed by atoms with Gasteiger partial charge in [-0.05, 0) is 23.3 Å². The van der Waals surface area contributed by atoms with Crippen LogP contribution in [0.4, 0.5) is 4.39 Å². The second-order valence-electron chi connectivity index (χ2n) is 2.83. The SMILES string of the molecule is O=CC1=Cc2c(F)cccc2C1. The molecular weight excluding hydrogens is 155 g/mol. The van der Waals surface area contributed by atoms with Crippen LogP contribution in [0.25, 0.3) is 6.08 Å². The van der Waals surface area contributed by atoms with E-state index in [0.717, 1.165) is 11.8 Å². The molecule has 0 aromatic heterocycles. The van der Waals surface area contributed by atoms with Crippen molar-refractivity contribution in [1.29, 1.82) is 0 Å². The van der Waals surface area contributed by atoms with Crippen molar-refractivity contribution in [3.8, 4) is 0 Å². The summed E-state index contributed by atoms with van der Waals surface area (Å²) < 4.78 is 13.0. The van der Waals surface area contributed by atoms with Crippen LogP contribution in [-0.2, 0) is 11.2 Å². The topological polar surface area (TPSA) is 17.1 Å². The molecule has 0 aliphatic heterocycles. The highest BCUT2D eigenvalue weighted by atomic mass is 19.1. The number of halogens is 1. The first-order chi connectivity index (χ1) is 5.81. The lowest BCUT2D eigenvalue weighted by atomic mass is 10.1. The zero-order valence-corrected chi connectivity index (χ0v) is 6.38.